The van der Waals surface area contributed by atoms with E-state index < -0.39 is 4.92 Å². The van der Waals surface area contributed by atoms with Gasteiger partial charge in [0.1, 0.15) is 12.0 Å². The molecule has 0 aliphatic rings. The number of nitrogens with one attached hydrogen (secondary N) is 1. The highest BCUT2D eigenvalue weighted by atomic mass is 16.6. The van der Waals surface area contributed by atoms with Crippen molar-refractivity contribution in [2.75, 3.05) is 5.32 Å². The van der Waals surface area contributed by atoms with Crippen LogP contribution in [0, 0.1) is 10.1 Å². The summed E-state index contributed by atoms with van der Waals surface area (Å²) in [7, 11) is 0. The molecule has 0 heterocycles. The quantitative estimate of drug-likeness (QED) is 0.457. The second kappa shape index (κ2) is 6.74. The second-order valence-electron chi connectivity index (χ2n) is 4.34. The molecule has 0 saturated carbocycles. The van der Waals surface area contributed by atoms with Crippen LogP contribution in [0.5, 0.6) is 0 Å². The van der Waals surface area contributed by atoms with Crippen LogP contribution in [0.25, 0.3) is 0 Å². The van der Waals surface area contributed by atoms with Crippen LogP contribution in [0.2, 0.25) is 0 Å². The van der Waals surface area contributed by atoms with Gasteiger partial charge in [-0.1, -0.05) is 19.8 Å². The first-order valence-electron chi connectivity index (χ1n) is 6.08. The highest BCUT2D eigenvalue weighted by Gasteiger charge is 2.15. The lowest BCUT2D eigenvalue weighted by molar-refractivity contribution is -0.384. The van der Waals surface area contributed by atoms with Crippen LogP contribution in [0.15, 0.2) is 18.2 Å². The third-order valence-corrected chi connectivity index (χ3v) is 2.75. The fourth-order valence-electron chi connectivity index (χ4n) is 1.74. The van der Waals surface area contributed by atoms with Gasteiger partial charge in [-0.25, -0.2) is 0 Å². The number of carbonyl (C=O) groups is 1. The largest absolute Gasteiger partial charge is 0.377 e. The van der Waals surface area contributed by atoms with Gasteiger partial charge in [-0.05, 0) is 25.5 Å². The molecule has 1 atom stereocenters. The van der Waals surface area contributed by atoms with Gasteiger partial charge >= 0.3 is 0 Å². The molecule has 0 spiro atoms. The van der Waals surface area contributed by atoms with Crippen LogP contribution in [0.4, 0.5) is 11.4 Å². The number of unbranched alkanes of at least 4 members (excludes halogenated alkanes) is 1. The third-order valence-electron chi connectivity index (χ3n) is 2.75. The zero-order chi connectivity index (χ0) is 13.5. The van der Waals surface area contributed by atoms with Crippen LogP contribution < -0.4 is 5.32 Å². The molecule has 1 rings (SSSR count). The van der Waals surface area contributed by atoms with E-state index >= 15 is 0 Å². The summed E-state index contributed by atoms with van der Waals surface area (Å²) in [6, 6.07) is 4.63. The number of anilines is 1. The Labute approximate surface area is 106 Å². The summed E-state index contributed by atoms with van der Waals surface area (Å²) in [5.74, 6) is 0. The van der Waals surface area contributed by atoms with Gasteiger partial charge in [0.25, 0.3) is 5.69 Å². The van der Waals surface area contributed by atoms with E-state index in [9.17, 15) is 14.9 Å². The van der Waals surface area contributed by atoms with Gasteiger partial charge in [0, 0.05) is 17.7 Å². The minimum atomic E-state index is -0.470. The van der Waals surface area contributed by atoms with E-state index in [4.69, 9.17) is 0 Å². The van der Waals surface area contributed by atoms with E-state index in [2.05, 4.69) is 12.2 Å². The van der Waals surface area contributed by atoms with Crippen LogP contribution in [0.1, 0.15) is 43.5 Å². The number of nitro groups is 1. The number of hydrogen-bond acceptors (Lipinski definition) is 4. The molecule has 1 unspecified atom stereocenters. The van der Waals surface area contributed by atoms with Crippen molar-refractivity contribution in [3.05, 3.63) is 33.9 Å². The maximum absolute atomic E-state index is 10.9. The minimum Gasteiger partial charge on any atom is -0.377 e. The number of nitrogens with zero attached hydrogens (tertiary/aromatic N) is 1. The van der Waals surface area contributed by atoms with E-state index in [-0.39, 0.29) is 11.7 Å². The molecule has 0 aromatic heterocycles. The molecule has 18 heavy (non-hydrogen) atoms. The van der Waals surface area contributed by atoms with Crippen LogP contribution in [-0.4, -0.2) is 17.3 Å². The van der Waals surface area contributed by atoms with Gasteiger partial charge < -0.3 is 5.32 Å². The molecule has 0 radical (unpaired) electrons. The number of rotatable bonds is 7. The first-order valence-corrected chi connectivity index (χ1v) is 6.08. The molecule has 0 bridgehead atoms. The SMILES string of the molecule is CCCCC(C)Nc1ccc(C=O)cc1[N+](=O)[O-]. The highest BCUT2D eigenvalue weighted by molar-refractivity contribution is 5.79. The molecule has 5 nitrogen and oxygen atoms in total. The Bertz CT molecular complexity index is 432. The monoisotopic (exact) mass is 250 g/mol. The van der Waals surface area contributed by atoms with Crippen molar-refractivity contribution in [1.82, 2.24) is 0 Å². The van der Waals surface area contributed by atoms with E-state index in [1.54, 1.807) is 12.1 Å². The molecule has 1 aromatic carbocycles. The van der Waals surface area contributed by atoms with Gasteiger partial charge in [0.15, 0.2) is 0 Å². The van der Waals surface area contributed by atoms with Crippen molar-refractivity contribution in [3.63, 3.8) is 0 Å². The first-order chi connectivity index (χ1) is 8.58. The van der Waals surface area contributed by atoms with Gasteiger partial charge in [0.05, 0.1) is 4.92 Å². The molecule has 0 aliphatic heterocycles. The predicted molar refractivity (Wildman–Crippen MR) is 71.1 cm³/mol. The Morgan fingerprint density at radius 1 is 1.50 bits per heavy atom. The summed E-state index contributed by atoms with van der Waals surface area (Å²) >= 11 is 0. The van der Waals surface area contributed by atoms with E-state index in [1.807, 2.05) is 6.92 Å². The lowest BCUT2D eigenvalue weighted by atomic mass is 10.1. The van der Waals surface area contributed by atoms with E-state index in [1.165, 1.54) is 6.07 Å². The van der Waals surface area contributed by atoms with Gasteiger partial charge in [0.2, 0.25) is 0 Å². The minimum absolute atomic E-state index is 0.0528. The fraction of sp³-hybridized carbons (Fsp3) is 0.462. The molecule has 0 amide bonds. The number of aldehydes is 1. The van der Waals surface area contributed by atoms with Crippen molar-refractivity contribution < 1.29 is 9.72 Å². The molecule has 1 N–H and O–H groups in total. The summed E-state index contributed by atoms with van der Waals surface area (Å²) in [6.45, 7) is 4.10. The zero-order valence-corrected chi connectivity index (χ0v) is 10.7. The van der Waals surface area contributed by atoms with E-state index in [0.717, 1.165) is 19.3 Å². The predicted octanol–water partition coefficient (Wildman–Crippen LogP) is 3.40. The smallest absolute Gasteiger partial charge is 0.293 e. The zero-order valence-electron chi connectivity index (χ0n) is 10.7. The fourth-order valence-corrected chi connectivity index (χ4v) is 1.74. The van der Waals surface area contributed by atoms with Crippen molar-refractivity contribution in [2.45, 2.75) is 39.2 Å². The summed E-state index contributed by atoms with van der Waals surface area (Å²) < 4.78 is 0. The van der Waals surface area contributed by atoms with Gasteiger partial charge in [-0.15, -0.1) is 0 Å². The summed E-state index contributed by atoms with van der Waals surface area (Å²) in [6.07, 6.45) is 3.74. The number of benzene rings is 1. The number of carbonyl (C=O) groups excluding carboxylic acids is 1. The summed E-state index contributed by atoms with van der Waals surface area (Å²) in [5, 5.41) is 14.1. The van der Waals surface area contributed by atoms with E-state index in [0.29, 0.717) is 17.5 Å². The topological polar surface area (TPSA) is 72.2 Å². The van der Waals surface area contributed by atoms with Crippen molar-refractivity contribution in [2.24, 2.45) is 0 Å². The molecular weight excluding hydrogens is 232 g/mol. The molecule has 0 fully saturated rings. The average Bonchev–Trinajstić information content (AvgIpc) is 2.36. The third kappa shape index (κ3) is 3.84. The second-order valence-corrected chi connectivity index (χ2v) is 4.34. The first kappa shape index (κ1) is 14.2. The maximum atomic E-state index is 10.9. The van der Waals surface area contributed by atoms with Crippen molar-refractivity contribution >= 4 is 17.7 Å². The van der Waals surface area contributed by atoms with Crippen molar-refractivity contribution in [3.8, 4) is 0 Å². The molecule has 5 heteroatoms. The van der Waals surface area contributed by atoms with Crippen LogP contribution in [-0.2, 0) is 0 Å². The lowest BCUT2D eigenvalue weighted by Gasteiger charge is -2.14. The Morgan fingerprint density at radius 2 is 2.22 bits per heavy atom. The summed E-state index contributed by atoms with van der Waals surface area (Å²) in [4.78, 5) is 21.1. The molecule has 98 valence electrons. The molecular formula is C13H18N2O3. The average molecular weight is 250 g/mol. The lowest BCUT2D eigenvalue weighted by Crippen LogP contribution is -2.15. The van der Waals surface area contributed by atoms with Crippen molar-refractivity contribution in [1.29, 1.82) is 0 Å². The normalized spacial score (nSPS) is 11.9. The standard InChI is InChI=1S/C13H18N2O3/c1-3-4-5-10(2)14-12-7-6-11(9-16)8-13(12)15(17)18/h6-10,14H,3-5H2,1-2H3. The Hall–Kier alpha value is -1.91. The Balaban J connectivity index is 2.87. The summed E-state index contributed by atoms with van der Waals surface area (Å²) in [5.41, 5.74) is 0.727. The molecule has 0 aliphatic carbocycles. The number of hydrogen-bond donors (Lipinski definition) is 1. The highest BCUT2D eigenvalue weighted by Crippen LogP contribution is 2.26. The maximum Gasteiger partial charge on any atom is 0.293 e. The molecule has 0 saturated heterocycles. The van der Waals surface area contributed by atoms with Crippen LogP contribution in [0.3, 0.4) is 0 Å². The Kier molecular flexibility index (Phi) is 5.30. The number of nitro benzene ring substituents is 1. The molecule has 1 aromatic rings. The Morgan fingerprint density at radius 3 is 2.78 bits per heavy atom. The van der Waals surface area contributed by atoms with Gasteiger partial charge in [-0.2, -0.15) is 0 Å². The van der Waals surface area contributed by atoms with Crippen LogP contribution >= 0.6 is 0 Å². The van der Waals surface area contributed by atoms with Gasteiger partial charge in [-0.3, -0.25) is 14.9 Å².